The smallest absolute Gasteiger partial charge is 0.336 e. The molecule has 0 aromatic heterocycles. The minimum Gasteiger partial charge on any atom is -0.478 e. The van der Waals surface area contributed by atoms with Gasteiger partial charge in [0, 0.05) is 71.7 Å². The van der Waals surface area contributed by atoms with Crippen molar-refractivity contribution in [3.05, 3.63) is 82.1 Å². The van der Waals surface area contributed by atoms with Gasteiger partial charge in [0.05, 0.1) is 28.0 Å². The highest BCUT2D eigenvalue weighted by atomic mass is 32.2. The second kappa shape index (κ2) is 15.9. The Morgan fingerprint density at radius 2 is 1.55 bits per heavy atom. The lowest BCUT2D eigenvalue weighted by molar-refractivity contribution is -0.437. The molecule has 288 valence electrons. The zero-order chi connectivity index (χ0) is 39.5. The van der Waals surface area contributed by atoms with Crippen molar-refractivity contribution in [1.29, 1.82) is 0 Å². The normalized spacial score (nSPS) is 17.0. The van der Waals surface area contributed by atoms with Crippen LogP contribution >= 0.6 is 0 Å². The molecule has 53 heavy (non-hydrogen) atoms. The highest BCUT2D eigenvalue weighted by molar-refractivity contribution is 7.86. The van der Waals surface area contributed by atoms with E-state index in [0.717, 1.165) is 18.5 Å². The Labute approximate surface area is 311 Å². The summed E-state index contributed by atoms with van der Waals surface area (Å²) in [5.41, 5.74) is 2.91. The zero-order valence-corrected chi connectivity index (χ0v) is 32.5. The number of carbonyl (C=O) groups excluding carboxylic acids is 2. The lowest BCUT2D eigenvalue weighted by Gasteiger charge is -2.27. The molecule has 4 rings (SSSR count). The third kappa shape index (κ3) is 9.05. The molecule has 14 nitrogen and oxygen atoms in total. The number of nitrogens with zero attached hydrogens (tertiary/aromatic N) is 2. The van der Waals surface area contributed by atoms with Gasteiger partial charge >= 0.3 is 5.97 Å². The summed E-state index contributed by atoms with van der Waals surface area (Å²) >= 11 is 0. The van der Waals surface area contributed by atoms with Crippen molar-refractivity contribution in [3.8, 4) is 0 Å². The molecule has 2 aromatic carbocycles. The van der Waals surface area contributed by atoms with Crippen molar-refractivity contribution < 1.29 is 50.0 Å². The number of unbranched alkanes of at least 4 members (excludes halogenated alkanes) is 1. The molecule has 0 fully saturated rings. The number of carbonyl (C=O) groups is 3. The first-order valence-corrected chi connectivity index (χ1v) is 20.7. The second-order valence-corrected chi connectivity index (χ2v) is 17.3. The number of amides is 2. The van der Waals surface area contributed by atoms with E-state index < -0.39 is 54.4 Å². The summed E-state index contributed by atoms with van der Waals surface area (Å²) in [5.74, 6) is -3.24. The van der Waals surface area contributed by atoms with Crippen LogP contribution in [0.5, 0.6) is 0 Å². The van der Waals surface area contributed by atoms with Crippen LogP contribution in [0.4, 0.5) is 11.4 Å². The summed E-state index contributed by atoms with van der Waals surface area (Å²) in [7, 11) is -8.57. The van der Waals surface area contributed by atoms with Crippen molar-refractivity contribution in [2.24, 2.45) is 0 Å². The van der Waals surface area contributed by atoms with E-state index >= 15 is 0 Å². The van der Waals surface area contributed by atoms with E-state index in [9.17, 15) is 45.4 Å². The van der Waals surface area contributed by atoms with E-state index in [1.807, 2.05) is 57.4 Å². The lowest BCUT2D eigenvalue weighted by Crippen LogP contribution is -2.32. The van der Waals surface area contributed by atoms with Gasteiger partial charge < -0.3 is 20.6 Å². The Morgan fingerprint density at radius 1 is 0.868 bits per heavy atom. The Kier molecular flexibility index (Phi) is 12.4. The number of hydrogen-bond donors (Lipinski definition) is 5. The van der Waals surface area contributed by atoms with Gasteiger partial charge in [-0.25, -0.2) is 4.79 Å². The van der Waals surface area contributed by atoms with Crippen LogP contribution in [0.3, 0.4) is 0 Å². The predicted molar refractivity (Wildman–Crippen MR) is 203 cm³/mol. The van der Waals surface area contributed by atoms with Crippen molar-refractivity contribution in [3.63, 3.8) is 0 Å². The molecule has 0 spiro atoms. The van der Waals surface area contributed by atoms with Gasteiger partial charge in [0.15, 0.2) is 5.71 Å². The van der Waals surface area contributed by atoms with Gasteiger partial charge in [-0.05, 0) is 51.5 Å². The van der Waals surface area contributed by atoms with Crippen LogP contribution in [0.15, 0.2) is 54.3 Å². The average Bonchev–Trinajstić information content (AvgIpc) is 3.40. The van der Waals surface area contributed by atoms with E-state index in [1.54, 1.807) is 25.1 Å². The molecular formula is C37H49N4O10S2+. The fourth-order valence-electron chi connectivity index (χ4n) is 7.28. The summed E-state index contributed by atoms with van der Waals surface area (Å²) in [6.07, 6.45) is 7.30. The average molecular weight is 774 g/mol. The SMILES string of the molecule is CCCCN1C(=CC=CC2=[N+](CCCS(=O)(=O)O)c3cccc(C(=O)O)c3C2(C)C)C(C)(C)c2c(C(=O)NCCS(=O)(=O)O)cc(C(=O)NCC)cc21. The molecule has 16 heteroatoms. The van der Waals surface area contributed by atoms with Gasteiger partial charge in [-0.3, -0.25) is 18.7 Å². The Morgan fingerprint density at radius 3 is 2.15 bits per heavy atom. The maximum atomic E-state index is 13.7. The first-order valence-electron chi connectivity index (χ1n) is 17.5. The van der Waals surface area contributed by atoms with Crippen molar-refractivity contribution in [1.82, 2.24) is 10.6 Å². The van der Waals surface area contributed by atoms with Gasteiger partial charge in [0.2, 0.25) is 5.69 Å². The maximum absolute atomic E-state index is 13.7. The van der Waals surface area contributed by atoms with Gasteiger partial charge in [0.25, 0.3) is 32.1 Å². The van der Waals surface area contributed by atoms with Crippen LogP contribution in [0, 0.1) is 0 Å². The van der Waals surface area contributed by atoms with E-state index in [1.165, 1.54) is 12.1 Å². The van der Waals surface area contributed by atoms with Crippen LogP contribution < -0.4 is 15.5 Å². The first kappa shape index (κ1) is 41.4. The van der Waals surface area contributed by atoms with Crippen molar-refractivity contribution in [2.75, 3.05) is 42.6 Å². The van der Waals surface area contributed by atoms with Crippen LogP contribution in [-0.2, 0) is 31.1 Å². The number of rotatable bonds is 16. The Hall–Kier alpha value is -4.38. The summed E-state index contributed by atoms with van der Waals surface area (Å²) in [6, 6.07) is 8.19. The number of allylic oxidation sites excluding steroid dienone is 4. The molecule has 5 N–H and O–H groups in total. The molecule has 0 aliphatic carbocycles. The van der Waals surface area contributed by atoms with Crippen LogP contribution in [-0.4, -0.2) is 96.8 Å². The molecule has 0 radical (unpaired) electrons. The fraction of sp³-hybridized carbons (Fsp3) is 0.459. The minimum absolute atomic E-state index is 0.0836. The maximum Gasteiger partial charge on any atom is 0.336 e. The monoisotopic (exact) mass is 773 g/mol. The lowest BCUT2D eigenvalue weighted by atomic mass is 9.78. The number of carboxylic acid groups (broad SMARTS) is 1. The third-order valence-corrected chi connectivity index (χ3v) is 11.1. The van der Waals surface area contributed by atoms with Gasteiger partial charge in [-0.1, -0.05) is 39.3 Å². The Bertz CT molecular complexity index is 2120. The molecule has 2 aliphatic rings. The van der Waals surface area contributed by atoms with Crippen molar-refractivity contribution >= 4 is 55.1 Å². The molecule has 0 unspecified atom stereocenters. The highest BCUT2D eigenvalue weighted by Crippen LogP contribution is 2.50. The molecule has 0 saturated heterocycles. The number of fused-ring (bicyclic) bond motifs is 2. The molecule has 2 heterocycles. The second-order valence-electron chi connectivity index (χ2n) is 14.2. The summed E-state index contributed by atoms with van der Waals surface area (Å²) in [5, 5.41) is 15.4. The fourth-order valence-corrected chi connectivity index (χ4v) is 8.13. The molecule has 0 bridgehead atoms. The van der Waals surface area contributed by atoms with Crippen LogP contribution in [0.25, 0.3) is 0 Å². The minimum atomic E-state index is -4.34. The van der Waals surface area contributed by atoms with Gasteiger partial charge in [-0.2, -0.15) is 21.4 Å². The number of benzene rings is 2. The summed E-state index contributed by atoms with van der Waals surface area (Å²) < 4.78 is 66.4. The van der Waals surface area contributed by atoms with E-state index in [0.29, 0.717) is 41.3 Å². The third-order valence-electron chi connectivity index (χ3n) is 9.60. The van der Waals surface area contributed by atoms with Crippen molar-refractivity contribution in [2.45, 2.75) is 71.6 Å². The molecule has 2 amide bonds. The largest absolute Gasteiger partial charge is 0.478 e. The summed E-state index contributed by atoms with van der Waals surface area (Å²) in [6.45, 7) is 12.3. The number of carboxylic acids is 1. The zero-order valence-electron chi connectivity index (χ0n) is 30.9. The Balaban J connectivity index is 1.88. The standard InChI is InChI=1S/C37H48N4O10S2/c1-7-9-18-41-28-23-24(33(42)38-8-2)22-26(34(43)39-17-21-53(49,50)51)32(28)37(5,6)30(41)16-11-15-29-36(3,4)31-25(35(44)45)13-10-14-27(31)40(29)19-12-20-52(46,47)48/h10-11,13-16,22-23H,7-9,12,17-21H2,1-6H3,(H4-,38,39,42,43,44,45,46,47,48,49,50,51)/p+1. The highest BCUT2D eigenvalue weighted by Gasteiger charge is 2.47. The van der Waals surface area contributed by atoms with Crippen LogP contribution in [0.1, 0.15) is 103 Å². The van der Waals surface area contributed by atoms with E-state index in [-0.39, 0.29) is 42.1 Å². The predicted octanol–water partition coefficient (Wildman–Crippen LogP) is 4.44. The number of hydrogen-bond acceptors (Lipinski definition) is 8. The number of nitrogens with one attached hydrogen (secondary N) is 2. The number of aromatic carboxylic acids is 1. The van der Waals surface area contributed by atoms with E-state index in [2.05, 4.69) is 15.5 Å². The van der Waals surface area contributed by atoms with Crippen LogP contribution in [0.2, 0.25) is 0 Å². The molecular weight excluding hydrogens is 725 g/mol. The first-order chi connectivity index (χ1) is 24.7. The quantitative estimate of drug-likeness (QED) is 0.119. The molecule has 2 aliphatic heterocycles. The van der Waals surface area contributed by atoms with Gasteiger partial charge in [-0.15, -0.1) is 0 Å². The molecule has 0 saturated carbocycles. The van der Waals surface area contributed by atoms with E-state index in [4.69, 9.17) is 0 Å². The number of anilines is 1. The van der Waals surface area contributed by atoms with Gasteiger partial charge in [0.1, 0.15) is 6.54 Å². The molecule has 0 atom stereocenters. The molecule has 2 aromatic rings. The topological polar surface area (TPSA) is 210 Å². The summed E-state index contributed by atoms with van der Waals surface area (Å²) in [4.78, 5) is 41.2.